The van der Waals surface area contributed by atoms with E-state index in [4.69, 9.17) is 4.74 Å². The standard InChI is InChI=1S/C16H21BrN4O4S2/c1-4-21-14(19-20-16(21)26-11(3)15(22)25-5-2)10-18-27(23,24)13-8-6-12(17)7-9-13/h6-9,11,18H,4-5,10H2,1-3H3/t11-/m0/s1. The molecule has 0 unspecified atom stereocenters. The molecule has 0 radical (unpaired) electrons. The minimum Gasteiger partial charge on any atom is -0.465 e. The molecular weight excluding hydrogens is 456 g/mol. The predicted octanol–water partition coefficient (Wildman–Crippen LogP) is 2.58. The van der Waals surface area contributed by atoms with Crippen molar-refractivity contribution in [3.63, 3.8) is 0 Å². The van der Waals surface area contributed by atoms with Gasteiger partial charge in [0.25, 0.3) is 0 Å². The first kappa shape index (κ1) is 21.9. The summed E-state index contributed by atoms with van der Waals surface area (Å²) in [4.78, 5) is 12.0. The summed E-state index contributed by atoms with van der Waals surface area (Å²) >= 11 is 4.50. The lowest BCUT2D eigenvalue weighted by molar-refractivity contribution is -0.142. The third kappa shape index (κ3) is 5.77. The van der Waals surface area contributed by atoms with Crippen LogP contribution in [0.25, 0.3) is 0 Å². The summed E-state index contributed by atoms with van der Waals surface area (Å²) in [5.74, 6) is 0.141. The molecule has 0 amide bonds. The van der Waals surface area contributed by atoms with Crippen molar-refractivity contribution in [1.29, 1.82) is 0 Å². The maximum Gasteiger partial charge on any atom is 0.319 e. The van der Waals surface area contributed by atoms with Crippen LogP contribution in [-0.4, -0.2) is 41.0 Å². The summed E-state index contributed by atoms with van der Waals surface area (Å²) in [6.45, 7) is 6.23. The highest BCUT2D eigenvalue weighted by Gasteiger charge is 2.21. The number of carbonyl (C=O) groups is 1. The molecular formula is C16H21BrN4O4S2. The fourth-order valence-electron chi connectivity index (χ4n) is 2.18. The Morgan fingerprint density at radius 1 is 1.30 bits per heavy atom. The number of benzene rings is 1. The highest BCUT2D eigenvalue weighted by Crippen LogP contribution is 2.23. The summed E-state index contributed by atoms with van der Waals surface area (Å²) in [5.41, 5.74) is 0. The highest BCUT2D eigenvalue weighted by atomic mass is 79.9. The van der Waals surface area contributed by atoms with Crippen molar-refractivity contribution in [2.75, 3.05) is 6.61 Å². The Labute approximate surface area is 171 Å². The van der Waals surface area contributed by atoms with Crippen molar-refractivity contribution >= 4 is 43.7 Å². The first-order valence-corrected chi connectivity index (χ1v) is 11.4. The van der Waals surface area contributed by atoms with E-state index in [0.29, 0.717) is 24.1 Å². The lowest BCUT2D eigenvalue weighted by atomic mass is 10.4. The number of nitrogens with zero attached hydrogens (tertiary/aromatic N) is 3. The fourth-order valence-corrected chi connectivity index (χ4v) is 4.35. The maximum atomic E-state index is 12.4. The van der Waals surface area contributed by atoms with E-state index in [0.717, 1.165) is 4.47 Å². The summed E-state index contributed by atoms with van der Waals surface area (Å²) in [5, 5.41) is 8.24. The molecule has 148 valence electrons. The predicted molar refractivity (Wildman–Crippen MR) is 106 cm³/mol. The maximum absolute atomic E-state index is 12.4. The summed E-state index contributed by atoms with van der Waals surface area (Å²) in [6, 6.07) is 6.35. The Morgan fingerprint density at radius 2 is 1.96 bits per heavy atom. The van der Waals surface area contributed by atoms with Gasteiger partial charge in [0.2, 0.25) is 10.0 Å². The van der Waals surface area contributed by atoms with Gasteiger partial charge in [-0.3, -0.25) is 4.79 Å². The molecule has 2 rings (SSSR count). The number of hydrogen-bond donors (Lipinski definition) is 1. The number of sulfonamides is 1. The monoisotopic (exact) mass is 476 g/mol. The number of esters is 1. The Bertz CT molecular complexity index is 884. The second kappa shape index (κ2) is 9.67. The number of aromatic nitrogens is 3. The molecule has 1 heterocycles. The van der Waals surface area contributed by atoms with Gasteiger partial charge < -0.3 is 9.30 Å². The van der Waals surface area contributed by atoms with Crippen LogP contribution >= 0.6 is 27.7 Å². The van der Waals surface area contributed by atoms with Gasteiger partial charge >= 0.3 is 5.97 Å². The topological polar surface area (TPSA) is 103 Å². The second-order valence-electron chi connectivity index (χ2n) is 5.43. The molecule has 1 atom stereocenters. The number of halogens is 1. The SMILES string of the molecule is CCOC(=O)[C@H](C)Sc1nnc(CNS(=O)(=O)c2ccc(Br)cc2)n1CC. The lowest BCUT2D eigenvalue weighted by Gasteiger charge is -2.12. The lowest BCUT2D eigenvalue weighted by Crippen LogP contribution is -2.25. The quantitative estimate of drug-likeness (QED) is 0.438. The third-order valence-electron chi connectivity index (χ3n) is 3.55. The third-order valence-corrected chi connectivity index (χ3v) is 6.56. The van der Waals surface area contributed by atoms with Crippen LogP contribution in [0.3, 0.4) is 0 Å². The van der Waals surface area contributed by atoms with Gasteiger partial charge in [-0.05, 0) is 45.0 Å². The molecule has 0 aliphatic heterocycles. The van der Waals surface area contributed by atoms with Gasteiger partial charge in [0, 0.05) is 11.0 Å². The molecule has 1 aromatic heterocycles. The summed E-state index contributed by atoms with van der Waals surface area (Å²) in [7, 11) is -3.67. The van der Waals surface area contributed by atoms with E-state index >= 15 is 0 Å². The molecule has 0 saturated heterocycles. The van der Waals surface area contributed by atoms with Gasteiger partial charge in [-0.2, -0.15) is 0 Å². The van der Waals surface area contributed by atoms with Crippen molar-refractivity contribution in [3.8, 4) is 0 Å². The smallest absolute Gasteiger partial charge is 0.319 e. The molecule has 0 aliphatic rings. The Kier molecular flexibility index (Phi) is 7.83. The molecule has 1 aromatic carbocycles. The van der Waals surface area contributed by atoms with E-state index in [1.807, 2.05) is 6.92 Å². The molecule has 0 fully saturated rings. The van der Waals surface area contributed by atoms with E-state index in [9.17, 15) is 13.2 Å². The van der Waals surface area contributed by atoms with Gasteiger partial charge in [0.1, 0.15) is 11.1 Å². The van der Waals surface area contributed by atoms with Crippen LogP contribution in [0.15, 0.2) is 38.8 Å². The van der Waals surface area contributed by atoms with E-state index in [-0.39, 0.29) is 17.4 Å². The zero-order valence-electron chi connectivity index (χ0n) is 15.2. The molecule has 0 aliphatic carbocycles. The van der Waals surface area contributed by atoms with E-state index in [1.165, 1.54) is 23.9 Å². The van der Waals surface area contributed by atoms with Crippen LogP contribution in [0.4, 0.5) is 0 Å². The first-order valence-electron chi connectivity index (χ1n) is 8.29. The number of ether oxygens (including phenoxy) is 1. The van der Waals surface area contributed by atoms with Gasteiger partial charge in [-0.15, -0.1) is 10.2 Å². The minimum absolute atomic E-state index is 0.00636. The molecule has 2 aromatic rings. The van der Waals surface area contributed by atoms with Crippen LogP contribution in [0.2, 0.25) is 0 Å². The van der Waals surface area contributed by atoms with Crippen LogP contribution < -0.4 is 4.72 Å². The fraction of sp³-hybridized carbons (Fsp3) is 0.438. The average molecular weight is 477 g/mol. The minimum atomic E-state index is -3.67. The molecule has 8 nitrogen and oxygen atoms in total. The van der Waals surface area contributed by atoms with Gasteiger partial charge in [0.15, 0.2) is 5.16 Å². The number of nitrogens with one attached hydrogen (secondary N) is 1. The zero-order chi connectivity index (χ0) is 20.0. The van der Waals surface area contributed by atoms with Crippen molar-refractivity contribution < 1.29 is 17.9 Å². The Hall–Kier alpha value is -1.43. The summed E-state index contributed by atoms with van der Waals surface area (Å²) in [6.07, 6.45) is 0. The van der Waals surface area contributed by atoms with Gasteiger partial charge in [-0.1, -0.05) is 27.7 Å². The van der Waals surface area contributed by atoms with Crippen LogP contribution in [0, 0.1) is 0 Å². The van der Waals surface area contributed by atoms with Crippen LogP contribution in [0.5, 0.6) is 0 Å². The number of hydrogen-bond acceptors (Lipinski definition) is 7. The normalized spacial score (nSPS) is 12.7. The number of thioether (sulfide) groups is 1. The van der Waals surface area contributed by atoms with E-state index in [2.05, 4.69) is 30.8 Å². The van der Waals surface area contributed by atoms with Crippen molar-refractivity contribution in [2.24, 2.45) is 0 Å². The average Bonchev–Trinajstić information content (AvgIpc) is 3.02. The molecule has 27 heavy (non-hydrogen) atoms. The van der Waals surface area contributed by atoms with Gasteiger partial charge in [0.05, 0.1) is 18.0 Å². The van der Waals surface area contributed by atoms with E-state index in [1.54, 1.807) is 30.5 Å². The summed E-state index contributed by atoms with van der Waals surface area (Å²) < 4.78 is 34.9. The number of rotatable bonds is 9. The highest BCUT2D eigenvalue weighted by molar-refractivity contribution is 9.10. The largest absolute Gasteiger partial charge is 0.465 e. The van der Waals surface area contributed by atoms with Crippen molar-refractivity contribution in [3.05, 3.63) is 34.6 Å². The zero-order valence-corrected chi connectivity index (χ0v) is 18.4. The molecule has 11 heteroatoms. The van der Waals surface area contributed by atoms with E-state index < -0.39 is 15.3 Å². The Morgan fingerprint density at radius 3 is 2.56 bits per heavy atom. The molecule has 1 N–H and O–H groups in total. The second-order valence-corrected chi connectivity index (χ2v) is 9.42. The Balaban J connectivity index is 2.10. The molecule has 0 spiro atoms. The molecule has 0 saturated carbocycles. The molecule has 0 bridgehead atoms. The van der Waals surface area contributed by atoms with Crippen molar-refractivity contribution in [2.45, 2.75) is 49.2 Å². The van der Waals surface area contributed by atoms with Crippen LogP contribution in [-0.2, 0) is 32.6 Å². The number of carbonyl (C=O) groups excluding carboxylic acids is 1. The van der Waals surface area contributed by atoms with Gasteiger partial charge in [-0.25, -0.2) is 13.1 Å². The first-order chi connectivity index (χ1) is 12.8. The van der Waals surface area contributed by atoms with Crippen molar-refractivity contribution in [1.82, 2.24) is 19.5 Å². The van der Waals surface area contributed by atoms with Crippen LogP contribution in [0.1, 0.15) is 26.6 Å².